The van der Waals surface area contributed by atoms with Gasteiger partial charge in [-0.3, -0.25) is 9.59 Å². The van der Waals surface area contributed by atoms with Gasteiger partial charge in [0.15, 0.2) is 15.7 Å². The molecule has 2 aliphatic rings. The van der Waals surface area contributed by atoms with Gasteiger partial charge in [-0.25, -0.2) is 18.1 Å². The molecule has 188 valence electrons. The lowest BCUT2D eigenvalue weighted by Gasteiger charge is -2.25. The minimum atomic E-state index is -3.12. The summed E-state index contributed by atoms with van der Waals surface area (Å²) in [4.78, 5) is 30.6. The zero-order valence-electron chi connectivity index (χ0n) is 19.0. The summed E-state index contributed by atoms with van der Waals surface area (Å²) in [6.07, 6.45) is 2.74. The number of amides is 2. The highest BCUT2D eigenvalue weighted by Gasteiger charge is 2.36. The van der Waals surface area contributed by atoms with E-state index >= 15 is 0 Å². The van der Waals surface area contributed by atoms with Gasteiger partial charge in [0.05, 0.1) is 27.8 Å². The number of pyridine rings is 1. The molecule has 0 unspecified atom stereocenters. The van der Waals surface area contributed by atoms with E-state index in [0.717, 1.165) is 12.8 Å². The zero-order chi connectivity index (χ0) is 25.6. The van der Waals surface area contributed by atoms with Crippen molar-refractivity contribution in [3.05, 3.63) is 63.4 Å². The Kier molecular flexibility index (Phi) is 6.39. The quantitative estimate of drug-likeness (QED) is 0.462. The number of hydrogen-bond donors (Lipinski definition) is 2. The van der Waals surface area contributed by atoms with Crippen molar-refractivity contribution < 1.29 is 22.7 Å². The first-order valence-corrected chi connectivity index (χ1v) is 13.7. The van der Waals surface area contributed by atoms with Gasteiger partial charge in [-0.15, -0.1) is 5.10 Å². The van der Waals surface area contributed by atoms with Gasteiger partial charge < -0.3 is 15.4 Å². The largest absolute Gasteiger partial charge is 0.471 e. The molecule has 1 aromatic carbocycles. The number of ether oxygens (including phenoxy) is 1. The molecule has 2 fully saturated rings. The first kappa shape index (κ1) is 24.5. The Labute approximate surface area is 216 Å². The number of hydrogen-bond acceptors (Lipinski definition) is 7. The van der Waals surface area contributed by atoms with Gasteiger partial charge in [-0.2, -0.15) is 0 Å². The lowest BCUT2D eigenvalue weighted by Crippen LogP contribution is -2.45. The fraction of sp³-hybridized carbons (Fsp3) is 0.304. The molecule has 1 saturated heterocycles. The lowest BCUT2D eigenvalue weighted by molar-refractivity contribution is 0.0952. The van der Waals surface area contributed by atoms with E-state index in [1.807, 2.05) is 0 Å². The summed E-state index contributed by atoms with van der Waals surface area (Å²) in [5, 5.41) is 10.6. The molecule has 1 aliphatic carbocycles. The minimum Gasteiger partial charge on any atom is -0.471 e. The van der Waals surface area contributed by atoms with Gasteiger partial charge in [-0.1, -0.05) is 23.2 Å². The summed E-state index contributed by atoms with van der Waals surface area (Å²) in [7, 11) is -3.12. The lowest BCUT2D eigenvalue weighted by atomic mass is 10.1. The van der Waals surface area contributed by atoms with E-state index in [1.54, 1.807) is 25.1 Å². The maximum absolute atomic E-state index is 13.5. The number of carbonyl (C=O) groups excluding carboxylic acids is 2. The summed E-state index contributed by atoms with van der Waals surface area (Å²) >= 11 is 12.5. The van der Waals surface area contributed by atoms with Crippen molar-refractivity contribution >= 4 is 50.5 Å². The average molecular weight is 550 g/mol. The van der Waals surface area contributed by atoms with Gasteiger partial charge in [0.1, 0.15) is 11.8 Å². The van der Waals surface area contributed by atoms with E-state index in [2.05, 4.69) is 20.7 Å². The number of aryl methyl sites for hydroxylation is 1. The van der Waals surface area contributed by atoms with Crippen LogP contribution in [0, 0.1) is 6.92 Å². The van der Waals surface area contributed by atoms with Crippen LogP contribution in [0.1, 0.15) is 39.3 Å². The summed E-state index contributed by atoms with van der Waals surface area (Å²) < 4.78 is 29.9. The van der Waals surface area contributed by atoms with Crippen LogP contribution in [0.25, 0.3) is 5.82 Å². The molecule has 13 heteroatoms. The van der Waals surface area contributed by atoms with E-state index in [0.29, 0.717) is 16.3 Å². The van der Waals surface area contributed by atoms with Crippen LogP contribution < -0.4 is 15.4 Å². The number of nitrogens with one attached hydrogen (secondary N) is 2. The van der Waals surface area contributed by atoms with Crippen molar-refractivity contribution in [1.82, 2.24) is 20.1 Å². The molecule has 2 N–H and O–H groups in total. The van der Waals surface area contributed by atoms with Crippen molar-refractivity contribution in [3.63, 3.8) is 0 Å². The zero-order valence-corrected chi connectivity index (χ0v) is 21.3. The molecule has 3 aromatic rings. The molecule has 0 atom stereocenters. The maximum Gasteiger partial charge on any atom is 0.274 e. The normalized spacial score (nSPS) is 16.8. The third kappa shape index (κ3) is 5.18. The molecule has 3 heterocycles. The number of nitrogens with zero attached hydrogens (tertiary/aromatic N) is 3. The van der Waals surface area contributed by atoms with Gasteiger partial charge in [0, 0.05) is 23.3 Å². The van der Waals surface area contributed by atoms with Crippen molar-refractivity contribution in [1.29, 1.82) is 0 Å². The average Bonchev–Trinajstić information content (AvgIpc) is 3.51. The summed E-state index contributed by atoms with van der Waals surface area (Å²) in [6, 6.07) is 7.86. The van der Waals surface area contributed by atoms with E-state index in [4.69, 9.17) is 27.9 Å². The molecule has 0 spiro atoms. The SMILES string of the molecule is Cc1cc(Cl)cc(C(=O)NC2CC2)c1NC(=O)c1cc(OC2CS(=O)(=O)C2)nn1-c1ncccc1Cl. The predicted molar refractivity (Wildman–Crippen MR) is 134 cm³/mol. The van der Waals surface area contributed by atoms with Crippen molar-refractivity contribution in [2.75, 3.05) is 16.8 Å². The van der Waals surface area contributed by atoms with Crippen LogP contribution in [-0.2, 0) is 9.84 Å². The minimum absolute atomic E-state index is 0.0238. The molecule has 0 bridgehead atoms. The maximum atomic E-state index is 13.5. The number of aromatic nitrogens is 3. The molecule has 1 saturated carbocycles. The molecule has 5 rings (SSSR count). The molecule has 1 aliphatic heterocycles. The number of rotatable bonds is 7. The van der Waals surface area contributed by atoms with E-state index < -0.39 is 21.8 Å². The topological polar surface area (TPSA) is 132 Å². The monoisotopic (exact) mass is 549 g/mol. The van der Waals surface area contributed by atoms with Crippen LogP contribution in [0.5, 0.6) is 5.88 Å². The molecular weight excluding hydrogens is 529 g/mol. The highest BCUT2D eigenvalue weighted by molar-refractivity contribution is 7.92. The molecule has 36 heavy (non-hydrogen) atoms. The first-order valence-electron chi connectivity index (χ1n) is 11.1. The molecule has 0 radical (unpaired) electrons. The van der Waals surface area contributed by atoms with E-state index in [1.165, 1.54) is 23.0 Å². The van der Waals surface area contributed by atoms with Crippen molar-refractivity contribution in [3.8, 4) is 11.7 Å². The van der Waals surface area contributed by atoms with Crippen LogP contribution in [0.4, 0.5) is 5.69 Å². The van der Waals surface area contributed by atoms with Crippen LogP contribution in [-0.4, -0.2) is 58.6 Å². The first-order chi connectivity index (χ1) is 17.1. The molecule has 10 nitrogen and oxygen atoms in total. The van der Waals surface area contributed by atoms with Gasteiger partial charge in [0.2, 0.25) is 5.88 Å². The summed E-state index contributed by atoms with van der Waals surface area (Å²) in [5.74, 6) is -0.980. The molecule has 2 aromatic heterocycles. The van der Waals surface area contributed by atoms with Crippen molar-refractivity contribution in [2.45, 2.75) is 31.9 Å². The van der Waals surface area contributed by atoms with Gasteiger partial charge >= 0.3 is 0 Å². The van der Waals surface area contributed by atoms with Crippen molar-refractivity contribution in [2.24, 2.45) is 0 Å². The second-order valence-electron chi connectivity index (χ2n) is 8.75. The second-order valence-corrected chi connectivity index (χ2v) is 11.7. The molecular formula is C23H21Cl2N5O5S. The Bertz CT molecular complexity index is 1470. The van der Waals surface area contributed by atoms with E-state index in [-0.39, 0.29) is 51.4 Å². The fourth-order valence-corrected chi connectivity index (χ4v) is 5.43. The Morgan fingerprint density at radius 1 is 1.14 bits per heavy atom. The number of halogens is 2. The standard InChI is InChI=1S/C23H21Cl2N5O5S/c1-12-7-13(24)8-16(22(31)27-14-4-5-14)20(12)28-23(32)18-9-19(35-15-10-36(33,34)11-15)29-30(18)21-17(25)3-2-6-26-21/h2-3,6-9,14-15H,4-5,10-11H2,1H3,(H,27,31)(H,28,32). The van der Waals surface area contributed by atoms with Gasteiger partial charge in [-0.05, 0) is 49.6 Å². The number of carbonyl (C=O) groups is 2. The Morgan fingerprint density at radius 3 is 2.56 bits per heavy atom. The Morgan fingerprint density at radius 2 is 1.89 bits per heavy atom. The van der Waals surface area contributed by atoms with Gasteiger partial charge in [0.25, 0.3) is 11.8 Å². The second kappa shape index (κ2) is 9.38. The summed E-state index contributed by atoms with van der Waals surface area (Å²) in [6.45, 7) is 1.73. The van der Waals surface area contributed by atoms with Crippen LogP contribution >= 0.6 is 23.2 Å². The molecule has 2 amide bonds. The fourth-order valence-electron chi connectivity index (χ4n) is 3.79. The summed E-state index contributed by atoms with van der Waals surface area (Å²) in [5.41, 5.74) is 1.15. The Balaban J connectivity index is 1.49. The third-order valence-corrected chi connectivity index (χ3v) is 7.99. The van der Waals surface area contributed by atoms with Crippen LogP contribution in [0.2, 0.25) is 10.0 Å². The van der Waals surface area contributed by atoms with Crippen LogP contribution in [0.3, 0.4) is 0 Å². The predicted octanol–water partition coefficient (Wildman–Crippen LogP) is 3.20. The highest BCUT2D eigenvalue weighted by atomic mass is 35.5. The highest BCUT2D eigenvalue weighted by Crippen LogP contribution is 2.29. The number of sulfone groups is 1. The Hall–Kier alpha value is -3.15. The van der Waals surface area contributed by atoms with E-state index in [9.17, 15) is 18.0 Å². The smallest absolute Gasteiger partial charge is 0.274 e. The third-order valence-electron chi connectivity index (χ3n) is 5.72. The van der Waals surface area contributed by atoms with Crippen LogP contribution in [0.15, 0.2) is 36.5 Å². The number of benzene rings is 1. The number of anilines is 1.